The van der Waals surface area contributed by atoms with Crippen LogP contribution in [-0.4, -0.2) is 40.8 Å². The Bertz CT molecular complexity index is 827. The van der Waals surface area contributed by atoms with E-state index in [0.717, 1.165) is 35.7 Å². The molecule has 1 heterocycles. The van der Waals surface area contributed by atoms with Gasteiger partial charge in [-0.05, 0) is 37.3 Å². The van der Waals surface area contributed by atoms with Crippen LogP contribution in [0.5, 0.6) is 0 Å². The van der Waals surface area contributed by atoms with Crippen molar-refractivity contribution in [3.63, 3.8) is 0 Å². The number of carboxylic acid groups (broad SMARTS) is 1. The molecule has 1 aliphatic carbocycles. The van der Waals surface area contributed by atoms with Crippen LogP contribution in [0.2, 0.25) is 5.02 Å². The number of carbonyl (C=O) groups is 1. The maximum Gasteiger partial charge on any atom is 0.322 e. The number of halogens is 1. The minimum Gasteiger partial charge on any atom is -0.480 e. The second kappa shape index (κ2) is 6.54. The molecule has 0 radical (unpaired) electrons. The van der Waals surface area contributed by atoms with Crippen LogP contribution in [0, 0.1) is 16.0 Å². The highest BCUT2D eigenvalue weighted by Gasteiger charge is 2.52. The number of benzene rings is 1. The Balaban J connectivity index is 2.12. The maximum atomic E-state index is 13.2. The number of nitro benzene ring substituents is 1. The Morgan fingerprint density at radius 1 is 1.32 bits per heavy atom. The summed E-state index contributed by atoms with van der Waals surface area (Å²) < 4.78 is 27.3. The van der Waals surface area contributed by atoms with Gasteiger partial charge in [0.2, 0.25) is 0 Å². The number of aliphatic carboxylic acids is 1. The minimum atomic E-state index is -4.34. The molecule has 1 aromatic carbocycles. The zero-order chi connectivity index (χ0) is 18.4. The average Bonchev–Trinajstić information content (AvgIpc) is 2.95. The average molecular weight is 389 g/mol. The van der Waals surface area contributed by atoms with Gasteiger partial charge in [0.25, 0.3) is 15.7 Å². The van der Waals surface area contributed by atoms with Crippen molar-refractivity contribution in [3.8, 4) is 0 Å². The third-order valence-electron chi connectivity index (χ3n) is 4.99. The third kappa shape index (κ3) is 3.11. The van der Waals surface area contributed by atoms with E-state index in [1.165, 1.54) is 6.07 Å². The van der Waals surface area contributed by atoms with Crippen LogP contribution in [0.1, 0.15) is 32.1 Å². The van der Waals surface area contributed by atoms with E-state index in [-0.39, 0.29) is 17.4 Å². The lowest BCUT2D eigenvalue weighted by molar-refractivity contribution is -0.387. The summed E-state index contributed by atoms with van der Waals surface area (Å²) >= 11 is 5.75. The number of hydrogen-bond donors (Lipinski definition) is 1. The van der Waals surface area contributed by atoms with Crippen LogP contribution >= 0.6 is 11.6 Å². The first kappa shape index (κ1) is 18.1. The molecular formula is C15H17ClN2O6S. The van der Waals surface area contributed by atoms with Crippen molar-refractivity contribution in [2.24, 2.45) is 5.92 Å². The summed E-state index contributed by atoms with van der Waals surface area (Å²) in [5.41, 5.74) is -0.643. The molecule has 1 N–H and O–H groups in total. The van der Waals surface area contributed by atoms with Gasteiger partial charge >= 0.3 is 5.97 Å². The van der Waals surface area contributed by atoms with Gasteiger partial charge in [0.1, 0.15) is 6.04 Å². The molecule has 3 atom stereocenters. The molecule has 2 fully saturated rings. The van der Waals surface area contributed by atoms with E-state index >= 15 is 0 Å². The molecule has 1 aromatic rings. The highest BCUT2D eigenvalue weighted by atomic mass is 35.5. The first-order valence-corrected chi connectivity index (χ1v) is 9.75. The predicted octanol–water partition coefficient (Wildman–Crippen LogP) is 2.65. The fourth-order valence-corrected chi connectivity index (χ4v) is 6.12. The van der Waals surface area contributed by atoms with Gasteiger partial charge in [-0.2, -0.15) is 4.31 Å². The van der Waals surface area contributed by atoms with Gasteiger partial charge in [-0.25, -0.2) is 8.42 Å². The molecule has 1 aliphatic heterocycles. The van der Waals surface area contributed by atoms with Crippen LogP contribution in [0.15, 0.2) is 23.1 Å². The van der Waals surface area contributed by atoms with Crippen molar-refractivity contribution in [3.05, 3.63) is 33.3 Å². The number of nitro groups is 1. The van der Waals surface area contributed by atoms with Gasteiger partial charge in [0.15, 0.2) is 4.90 Å². The lowest BCUT2D eigenvalue weighted by Crippen LogP contribution is -2.46. The van der Waals surface area contributed by atoms with Crippen LogP contribution < -0.4 is 0 Å². The molecule has 1 saturated carbocycles. The molecule has 2 aliphatic rings. The first-order valence-electron chi connectivity index (χ1n) is 7.93. The van der Waals surface area contributed by atoms with E-state index in [0.29, 0.717) is 6.42 Å². The summed E-state index contributed by atoms with van der Waals surface area (Å²) in [6.45, 7) is 0. The highest BCUT2D eigenvalue weighted by molar-refractivity contribution is 7.89. The topological polar surface area (TPSA) is 118 Å². The summed E-state index contributed by atoms with van der Waals surface area (Å²) in [5, 5.41) is 20.8. The molecule has 8 nitrogen and oxygen atoms in total. The summed E-state index contributed by atoms with van der Waals surface area (Å²) in [5.74, 6) is -1.26. The molecule has 0 spiro atoms. The Morgan fingerprint density at radius 2 is 2.00 bits per heavy atom. The van der Waals surface area contributed by atoms with Crippen molar-refractivity contribution < 1.29 is 23.2 Å². The Morgan fingerprint density at radius 3 is 2.64 bits per heavy atom. The smallest absolute Gasteiger partial charge is 0.322 e. The molecule has 3 rings (SSSR count). The van der Waals surface area contributed by atoms with Gasteiger partial charge in [0.05, 0.1) is 4.92 Å². The first-order chi connectivity index (χ1) is 11.7. The Hall–Kier alpha value is -1.71. The van der Waals surface area contributed by atoms with Crippen molar-refractivity contribution >= 4 is 33.3 Å². The second-order valence-corrected chi connectivity index (χ2v) is 8.65. The van der Waals surface area contributed by atoms with Crippen LogP contribution in [-0.2, 0) is 14.8 Å². The summed E-state index contributed by atoms with van der Waals surface area (Å²) in [6, 6.07) is 1.67. The number of fused-ring (bicyclic) bond motifs is 1. The number of carboxylic acids is 1. The van der Waals surface area contributed by atoms with E-state index in [2.05, 4.69) is 0 Å². The van der Waals surface area contributed by atoms with E-state index in [1.807, 2.05) is 0 Å². The number of sulfonamides is 1. The van der Waals surface area contributed by atoms with Crippen LogP contribution in [0.3, 0.4) is 0 Å². The SMILES string of the molecule is O=C(O)C1CC2CCCCC2N1S(=O)(=O)c1ccc(Cl)cc1[N+](=O)[O-]. The number of nitrogens with zero attached hydrogens (tertiary/aromatic N) is 2. The standard InChI is InChI=1S/C15H17ClN2O6S/c16-10-5-6-14(12(8-10)18(21)22)25(23,24)17-11-4-2-1-3-9(11)7-13(17)15(19)20/h5-6,8-9,11,13H,1-4,7H2,(H,19,20). The summed E-state index contributed by atoms with van der Waals surface area (Å²) in [4.78, 5) is 21.6. The molecule has 136 valence electrons. The van der Waals surface area contributed by atoms with E-state index < -0.39 is 43.6 Å². The molecule has 3 unspecified atom stereocenters. The third-order valence-corrected chi connectivity index (χ3v) is 7.20. The molecule has 10 heteroatoms. The van der Waals surface area contributed by atoms with E-state index in [9.17, 15) is 28.4 Å². The van der Waals surface area contributed by atoms with Crippen LogP contribution in [0.25, 0.3) is 0 Å². The van der Waals surface area contributed by atoms with Gasteiger partial charge in [-0.1, -0.05) is 24.4 Å². The fraction of sp³-hybridized carbons (Fsp3) is 0.533. The fourth-order valence-electron chi connectivity index (χ4n) is 3.94. The van der Waals surface area contributed by atoms with Gasteiger partial charge in [0, 0.05) is 17.1 Å². The molecule has 0 amide bonds. The van der Waals surface area contributed by atoms with Crippen LogP contribution in [0.4, 0.5) is 5.69 Å². The molecular weight excluding hydrogens is 372 g/mol. The number of rotatable bonds is 4. The van der Waals surface area contributed by atoms with Gasteiger partial charge in [-0.15, -0.1) is 0 Å². The normalized spacial score (nSPS) is 27.0. The molecule has 0 bridgehead atoms. The molecule has 25 heavy (non-hydrogen) atoms. The summed E-state index contributed by atoms with van der Waals surface area (Å²) in [6.07, 6.45) is 3.31. The Kier molecular flexibility index (Phi) is 4.74. The molecule has 0 aromatic heterocycles. The quantitative estimate of drug-likeness (QED) is 0.625. The number of hydrogen-bond acceptors (Lipinski definition) is 5. The van der Waals surface area contributed by atoms with Gasteiger partial charge in [-0.3, -0.25) is 14.9 Å². The van der Waals surface area contributed by atoms with Gasteiger partial charge < -0.3 is 5.11 Å². The lowest BCUT2D eigenvalue weighted by atomic mass is 9.85. The van der Waals surface area contributed by atoms with E-state index in [1.54, 1.807) is 0 Å². The van der Waals surface area contributed by atoms with Crippen molar-refractivity contribution in [1.29, 1.82) is 0 Å². The second-order valence-electron chi connectivity index (χ2n) is 6.41. The largest absolute Gasteiger partial charge is 0.480 e. The lowest BCUT2D eigenvalue weighted by Gasteiger charge is -2.31. The predicted molar refractivity (Wildman–Crippen MR) is 88.9 cm³/mol. The van der Waals surface area contributed by atoms with E-state index in [4.69, 9.17) is 11.6 Å². The summed E-state index contributed by atoms with van der Waals surface area (Å²) in [7, 11) is -4.34. The zero-order valence-corrected chi connectivity index (χ0v) is 14.7. The highest BCUT2D eigenvalue weighted by Crippen LogP contribution is 2.44. The molecule has 1 saturated heterocycles. The maximum absolute atomic E-state index is 13.2. The van der Waals surface area contributed by atoms with Crippen molar-refractivity contribution in [2.45, 2.75) is 49.1 Å². The zero-order valence-electron chi connectivity index (χ0n) is 13.2. The minimum absolute atomic E-state index is 0.0315. The Labute approximate surface area is 149 Å². The van der Waals surface area contributed by atoms with Crippen molar-refractivity contribution in [2.75, 3.05) is 0 Å². The monoisotopic (exact) mass is 388 g/mol. The van der Waals surface area contributed by atoms with Crippen molar-refractivity contribution in [1.82, 2.24) is 4.31 Å².